The average Bonchev–Trinajstić information content (AvgIpc) is 3.05. The van der Waals surface area contributed by atoms with Gasteiger partial charge in [0.15, 0.2) is 5.76 Å². The quantitative estimate of drug-likeness (QED) is 0.562. The van der Waals surface area contributed by atoms with E-state index in [-0.39, 0.29) is 17.0 Å². The molecule has 0 aliphatic rings. The van der Waals surface area contributed by atoms with Crippen LogP contribution in [0.1, 0.15) is 5.56 Å². The third kappa shape index (κ3) is 2.27. The fourth-order valence-electron chi connectivity index (χ4n) is 2.65. The molecule has 0 amide bonds. The summed E-state index contributed by atoms with van der Waals surface area (Å²) in [6.45, 7) is 1.88. The van der Waals surface area contributed by atoms with Crippen molar-refractivity contribution < 1.29 is 14.0 Å². The van der Waals surface area contributed by atoms with Gasteiger partial charge < -0.3 is 14.0 Å². The van der Waals surface area contributed by atoms with Crippen LogP contribution in [0, 0.1) is 6.92 Å². The van der Waals surface area contributed by atoms with Crippen LogP contribution in [0.15, 0.2) is 68.3 Å². The number of fused-ring (bicyclic) bond motifs is 1. The van der Waals surface area contributed by atoms with Gasteiger partial charge in [0.25, 0.3) is 0 Å². The van der Waals surface area contributed by atoms with E-state index in [0.29, 0.717) is 16.7 Å². The van der Waals surface area contributed by atoms with E-state index in [2.05, 4.69) is 5.16 Å². The maximum atomic E-state index is 12.3. The summed E-state index contributed by atoms with van der Waals surface area (Å²) in [6, 6.07) is 16.3. The van der Waals surface area contributed by atoms with Gasteiger partial charge in [0, 0.05) is 11.6 Å². The first-order valence-corrected chi connectivity index (χ1v) is 7.42. The molecule has 1 N–H and O–H groups in total. The van der Waals surface area contributed by atoms with Crippen LogP contribution in [0.3, 0.4) is 0 Å². The molecule has 0 bridgehead atoms. The standard InChI is InChI=1S/C19H13NO4/c1-11-7-8-13-16(9-11)23-19(22)17(18(13)21)14-10-15(24-20-14)12-5-3-2-4-6-12/h2-10,21H,1H3. The average molecular weight is 319 g/mol. The lowest BCUT2D eigenvalue weighted by molar-refractivity contribution is 0.431. The Labute approximate surface area is 136 Å². The lowest BCUT2D eigenvalue weighted by Gasteiger charge is -2.04. The smallest absolute Gasteiger partial charge is 0.349 e. The van der Waals surface area contributed by atoms with E-state index in [1.165, 1.54) is 0 Å². The molecule has 24 heavy (non-hydrogen) atoms. The Hall–Kier alpha value is -3.34. The predicted molar refractivity (Wildman–Crippen MR) is 89.8 cm³/mol. The number of rotatable bonds is 2. The van der Waals surface area contributed by atoms with Gasteiger partial charge in [-0.1, -0.05) is 41.6 Å². The Morgan fingerprint density at radius 1 is 1.04 bits per heavy atom. The second-order valence-corrected chi connectivity index (χ2v) is 5.56. The minimum Gasteiger partial charge on any atom is -0.506 e. The maximum absolute atomic E-state index is 12.3. The summed E-state index contributed by atoms with van der Waals surface area (Å²) >= 11 is 0. The van der Waals surface area contributed by atoms with Gasteiger partial charge in [-0.2, -0.15) is 0 Å². The summed E-state index contributed by atoms with van der Waals surface area (Å²) < 4.78 is 10.6. The number of aryl methyl sites for hydroxylation is 1. The SMILES string of the molecule is Cc1ccc2c(O)c(-c3cc(-c4ccccc4)on3)c(=O)oc2c1. The lowest BCUT2D eigenvalue weighted by Crippen LogP contribution is -2.03. The van der Waals surface area contributed by atoms with E-state index in [9.17, 15) is 9.90 Å². The van der Waals surface area contributed by atoms with Crippen molar-refractivity contribution in [3.63, 3.8) is 0 Å². The zero-order valence-electron chi connectivity index (χ0n) is 12.8. The van der Waals surface area contributed by atoms with Crippen molar-refractivity contribution in [2.24, 2.45) is 0 Å². The maximum Gasteiger partial charge on any atom is 0.349 e. The van der Waals surface area contributed by atoms with Crippen molar-refractivity contribution in [2.45, 2.75) is 6.92 Å². The summed E-state index contributed by atoms with van der Waals surface area (Å²) in [7, 11) is 0. The predicted octanol–water partition coefficient (Wildman–Crippen LogP) is 4.13. The minimum atomic E-state index is -0.654. The van der Waals surface area contributed by atoms with Crippen molar-refractivity contribution in [2.75, 3.05) is 0 Å². The van der Waals surface area contributed by atoms with Gasteiger partial charge in [0.1, 0.15) is 22.6 Å². The van der Waals surface area contributed by atoms with Crippen molar-refractivity contribution >= 4 is 11.0 Å². The van der Waals surface area contributed by atoms with E-state index in [4.69, 9.17) is 8.94 Å². The van der Waals surface area contributed by atoms with Crippen LogP contribution < -0.4 is 5.63 Å². The van der Waals surface area contributed by atoms with Crippen molar-refractivity contribution in [1.29, 1.82) is 0 Å². The molecule has 0 saturated carbocycles. The second-order valence-electron chi connectivity index (χ2n) is 5.56. The molecule has 0 atom stereocenters. The highest BCUT2D eigenvalue weighted by molar-refractivity contribution is 5.90. The van der Waals surface area contributed by atoms with Crippen LogP contribution in [-0.2, 0) is 0 Å². The first kappa shape index (κ1) is 14.3. The Balaban J connectivity index is 1.90. The number of nitrogens with zero attached hydrogens (tertiary/aromatic N) is 1. The first-order chi connectivity index (χ1) is 11.6. The number of benzene rings is 2. The van der Waals surface area contributed by atoms with Crippen LogP contribution >= 0.6 is 0 Å². The largest absolute Gasteiger partial charge is 0.506 e. The molecule has 2 aromatic heterocycles. The van der Waals surface area contributed by atoms with Crippen molar-refractivity contribution in [3.8, 4) is 28.3 Å². The van der Waals surface area contributed by atoms with Gasteiger partial charge in [0.05, 0.1) is 5.39 Å². The van der Waals surface area contributed by atoms with Gasteiger partial charge in [-0.05, 0) is 24.6 Å². The summed E-state index contributed by atoms with van der Waals surface area (Å²) in [6.07, 6.45) is 0. The molecule has 4 aromatic rings. The number of hydrogen-bond acceptors (Lipinski definition) is 5. The Morgan fingerprint density at radius 3 is 2.62 bits per heavy atom. The molecule has 0 aliphatic carbocycles. The van der Waals surface area contributed by atoms with Crippen molar-refractivity contribution in [3.05, 3.63) is 70.6 Å². The molecular weight excluding hydrogens is 306 g/mol. The van der Waals surface area contributed by atoms with E-state index < -0.39 is 5.63 Å². The number of aromatic hydroxyl groups is 1. The molecule has 0 unspecified atom stereocenters. The molecule has 4 rings (SSSR count). The highest BCUT2D eigenvalue weighted by atomic mass is 16.5. The number of aromatic nitrogens is 1. The molecule has 5 heteroatoms. The van der Waals surface area contributed by atoms with Crippen LogP contribution in [0.5, 0.6) is 5.75 Å². The number of hydrogen-bond donors (Lipinski definition) is 1. The summed E-state index contributed by atoms with van der Waals surface area (Å²) in [5, 5.41) is 14.9. The molecule has 0 aliphatic heterocycles. The van der Waals surface area contributed by atoms with E-state index in [1.807, 2.05) is 43.3 Å². The topological polar surface area (TPSA) is 76.5 Å². The second kappa shape index (κ2) is 5.38. The van der Waals surface area contributed by atoms with Crippen LogP contribution in [0.25, 0.3) is 33.6 Å². The highest BCUT2D eigenvalue weighted by Crippen LogP contribution is 2.34. The van der Waals surface area contributed by atoms with E-state index in [0.717, 1.165) is 11.1 Å². The van der Waals surface area contributed by atoms with Crippen LogP contribution in [0.2, 0.25) is 0 Å². The molecule has 2 aromatic carbocycles. The molecule has 0 fully saturated rings. The Kier molecular flexibility index (Phi) is 3.20. The fourth-order valence-corrected chi connectivity index (χ4v) is 2.65. The zero-order valence-corrected chi connectivity index (χ0v) is 12.8. The Bertz CT molecular complexity index is 1090. The normalized spacial score (nSPS) is 11.0. The molecule has 2 heterocycles. The third-order valence-electron chi connectivity index (χ3n) is 3.86. The van der Waals surface area contributed by atoms with Crippen LogP contribution in [-0.4, -0.2) is 10.3 Å². The fraction of sp³-hybridized carbons (Fsp3) is 0.0526. The molecule has 5 nitrogen and oxygen atoms in total. The minimum absolute atomic E-state index is 0.00251. The highest BCUT2D eigenvalue weighted by Gasteiger charge is 2.20. The van der Waals surface area contributed by atoms with E-state index in [1.54, 1.807) is 18.2 Å². The van der Waals surface area contributed by atoms with E-state index >= 15 is 0 Å². The summed E-state index contributed by atoms with van der Waals surface area (Å²) in [5.41, 5.74) is 1.69. The first-order valence-electron chi connectivity index (χ1n) is 7.42. The van der Waals surface area contributed by atoms with Crippen LogP contribution in [0.4, 0.5) is 0 Å². The lowest BCUT2D eigenvalue weighted by atomic mass is 10.1. The van der Waals surface area contributed by atoms with Crippen molar-refractivity contribution in [1.82, 2.24) is 5.16 Å². The van der Waals surface area contributed by atoms with Gasteiger partial charge >= 0.3 is 5.63 Å². The third-order valence-corrected chi connectivity index (χ3v) is 3.86. The monoisotopic (exact) mass is 319 g/mol. The zero-order chi connectivity index (χ0) is 16.7. The molecule has 0 saturated heterocycles. The van der Waals surface area contributed by atoms with Gasteiger partial charge in [-0.15, -0.1) is 0 Å². The molecular formula is C19H13NO4. The van der Waals surface area contributed by atoms with Gasteiger partial charge in [-0.25, -0.2) is 4.79 Å². The van der Waals surface area contributed by atoms with Gasteiger partial charge in [-0.3, -0.25) is 0 Å². The summed E-state index contributed by atoms with van der Waals surface area (Å²) in [5.74, 6) is 0.350. The Morgan fingerprint density at radius 2 is 1.83 bits per heavy atom. The van der Waals surface area contributed by atoms with Gasteiger partial charge in [0.2, 0.25) is 0 Å². The molecule has 0 radical (unpaired) electrons. The molecule has 0 spiro atoms. The molecule has 118 valence electrons. The summed E-state index contributed by atoms with van der Waals surface area (Å²) in [4.78, 5) is 12.3.